The van der Waals surface area contributed by atoms with Crippen molar-refractivity contribution in [1.29, 1.82) is 0 Å². The van der Waals surface area contributed by atoms with Crippen molar-refractivity contribution in [2.75, 3.05) is 64.5 Å². The minimum atomic E-state index is -4.27. The molecule has 1 saturated carbocycles. The molecule has 0 unspecified atom stereocenters. The van der Waals surface area contributed by atoms with Crippen molar-refractivity contribution in [3.63, 3.8) is 0 Å². The zero-order valence-corrected chi connectivity index (χ0v) is 39.4. The molecule has 4 aliphatic heterocycles. The molecule has 360 valence electrons. The van der Waals surface area contributed by atoms with E-state index >= 15 is 0 Å². The van der Waals surface area contributed by atoms with E-state index in [9.17, 15) is 27.6 Å². The average Bonchev–Trinajstić information content (AvgIpc) is 3.91. The Balaban J connectivity index is 1.05. The van der Waals surface area contributed by atoms with Gasteiger partial charge in [-0.05, 0) is 73.9 Å². The quantitative estimate of drug-likeness (QED) is 0.164. The number of methoxy groups -OCH3 is 1. The Kier molecular flexibility index (Phi) is 12.5. The van der Waals surface area contributed by atoms with E-state index in [4.69, 9.17) is 24.2 Å². The molecule has 2 N–H and O–H groups in total. The maximum Gasteiger partial charge on any atom is 0.401 e. The van der Waals surface area contributed by atoms with Gasteiger partial charge in [0, 0.05) is 91.9 Å². The Labute approximate surface area is 396 Å². The summed E-state index contributed by atoms with van der Waals surface area (Å²) in [5, 5.41) is 8.07. The van der Waals surface area contributed by atoms with E-state index in [1.54, 1.807) is 25.7 Å². The Morgan fingerprint density at radius 1 is 1.09 bits per heavy atom. The molecule has 10 rings (SSSR count). The number of ether oxygens (including phenoxy) is 3. The van der Waals surface area contributed by atoms with Crippen LogP contribution < -0.4 is 20.4 Å². The number of aromatic nitrogens is 4. The molecule has 68 heavy (non-hydrogen) atoms. The number of fused-ring (bicyclic) bond motifs is 6. The number of halogens is 3. The summed E-state index contributed by atoms with van der Waals surface area (Å²) in [5.74, 6) is -0.637. The van der Waals surface area contributed by atoms with E-state index in [0.29, 0.717) is 80.6 Å². The van der Waals surface area contributed by atoms with Gasteiger partial charge in [0.15, 0.2) is 0 Å². The van der Waals surface area contributed by atoms with Gasteiger partial charge in [0.2, 0.25) is 5.91 Å². The summed E-state index contributed by atoms with van der Waals surface area (Å²) in [5.41, 5.74) is 10.2. The number of piperazine rings is 1. The van der Waals surface area contributed by atoms with Gasteiger partial charge < -0.3 is 29.0 Å². The highest BCUT2D eigenvalue weighted by Gasteiger charge is 2.46. The molecule has 8 heterocycles. The fourth-order valence-electron chi connectivity index (χ4n) is 10.3. The first-order valence-corrected chi connectivity index (χ1v) is 24.3. The van der Waals surface area contributed by atoms with Gasteiger partial charge in [-0.3, -0.25) is 34.3 Å². The lowest BCUT2D eigenvalue weighted by Gasteiger charge is -2.36. The number of thiazole rings is 1. The number of nitrogens with zero attached hydrogens (tertiary/aromatic N) is 7. The van der Waals surface area contributed by atoms with E-state index in [1.807, 2.05) is 30.5 Å². The maximum atomic E-state index is 14.4. The average molecular weight is 956 g/mol. The second-order valence-electron chi connectivity index (χ2n) is 19.5. The van der Waals surface area contributed by atoms with Crippen molar-refractivity contribution in [3.05, 3.63) is 76.1 Å². The van der Waals surface area contributed by atoms with Crippen LogP contribution in [0.4, 0.5) is 18.9 Å². The minimum Gasteiger partial charge on any atom is -0.489 e. The molecule has 0 radical (unpaired) electrons. The standard InChI is InChI=1S/C49H56F3N9O6S/c1-28(65-4)42-35(19-31(24-54-42)59-13-11-58(12-14-59)26-49(50,51)52)43-36-22-48(2,3)27-67-47(64)37-8-6-10-61(57-37)46(63)38(56-45(62)34-20-32(34)29-7-5-9-53-23-29)21-41-55-39(25-68-41)30-17-33(36)44-40(18-30)66-16-15-60(43)44/h5,7,9,17-19,23-25,28,32,34,37-38,57H,6,8,10-16,20-22,26-27H2,1-4H3,(H,56,62)/t28-,32+,34-,37-,38-/m0/s1. The van der Waals surface area contributed by atoms with E-state index in [2.05, 4.69) is 51.2 Å². The SMILES string of the molecule is CO[C@@H](C)c1ncc(N2CCN(CC(F)(F)F)CC2)cc1-c1c2c3cc(cc4c3n1CCO4)-c1csc(n1)C[C@H](NC(=O)[C@H]1C[C@@H]1c1cccnc1)C(=O)N1CCC[C@H](N1)C(=O)OCC(C)(C)C2. The number of esters is 1. The fourth-order valence-corrected chi connectivity index (χ4v) is 11.1. The summed E-state index contributed by atoms with van der Waals surface area (Å²) in [7, 11) is 1.64. The molecule has 15 nitrogen and oxygen atoms in total. The van der Waals surface area contributed by atoms with E-state index < -0.39 is 42.3 Å². The van der Waals surface area contributed by atoms with Crippen LogP contribution in [0.3, 0.4) is 0 Å². The molecule has 1 aliphatic carbocycles. The van der Waals surface area contributed by atoms with Gasteiger partial charge >= 0.3 is 12.1 Å². The number of cyclic esters (lactones) is 1. The number of amides is 2. The third-order valence-corrected chi connectivity index (χ3v) is 14.8. The summed E-state index contributed by atoms with van der Waals surface area (Å²) in [6.45, 7) is 7.80. The lowest BCUT2D eigenvalue weighted by Crippen LogP contribution is -2.60. The second kappa shape index (κ2) is 18.4. The van der Waals surface area contributed by atoms with E-state index in [1.165, 1.54) is 21.2 Å². The molecule has 5 aromatic rings. The number of pyridine rings is 2. The van der Waals surface area contributed by atoms with Crippen LogP contribution in [0.15, 0.2) is 54.3 Å². The molecule has 1 aromatic carbocycles. The first-order chi connectivity index (χ1) is 32.6. The molecule has 2 amide bonds. The third-order valence-electron chi connectivity index (χ3n) is 13.9. The molecule has 5 aliphatic rings. The number of alkyl halides is 3. The maximum absolute atomic E-state index is 14.4. The number of carbonyl (C=O) groups is 3. The van der Waals surface area contributed by atoms with Crippen molar-refractivity contribution in [1.82, 2.24) is 40.2 Å². The number of carbonyl (C=O) groups excluding carboxylic acids is 3. The molecular formula is C49H56F3N9O6S. The third kappa shape index (κ3) is 9.41. The number of nitrogens with one attached hydrogen (secondary N) is 2. The van der Waals surface area contributed by atoms with Gasteiger partial charge in [-0.15, -0.1) is 11.3 Å². The Morgan fingerprint density at radius 2 is 1.91 bits per heavy atom. The first kappa shape index (κ1) is 46.1. The highest BCUT2D eigenvalue weighted by molar-refractivity contribution is 7.10. The molecular weight excluding hydrogens is 900 g/mol. The molecule has 6 bridgehead atoms. The van der Waals surface area contributed by atoms with E-state index in [0.717, 1.165) is 44.5 Å². The van der Waals surface area contributed by atoms with Crippen LogP contribution in [0.5, 0.6) is 5.75 Å². The minimum absolute atomic E-state index is 0.0188. The number of hydrogen-bond acceptors (Lipinski definition) is 13. The molecule has 19 heteroatoms. The van der Waals surface area contributed by atoms with Crippen LogP contribution in [-0.4, -0.2) is 125 Å². The van der Waals surface area contributed by atoms with Gasteiger partial charge in [0.05, 0.1) is 65.3 Å². The van der Waals surface area contributed by atoms with Gasteiger partial charge in [0.1, 0.15) is 24.4 Å². The van der Waals surface area contributed by atoms with Crippen molar-refractivity contribution >= 4 is 45.7 Å². The lowest BCUT2D eigenvalue weighted by atomic mass is 9.84. The highest BCUT2D eigenvalue weighted by Crippen LogP contribution is 2.48. The van der Waals surface area contributed by atoms with Crippen LogP contribution in [-0.2, 0) is 43.2 Å². The van der Waals surface area contributed by atoms with E-state index in [-0.39, 0.29) is 49.8 Å². The summed E-state index contributed by atoms with van der Waals surface area (Å²) < 4.78 is 60.8. The normalized spacial score (nSPS) is 23.7. The molecule has 3 fully saturated rings. The second-order valence-corrected chi connectivity index (χ2v) is 20.4. The predicted octanol–water partition coefficient (Wildman–Crippen LogP) is 6.46. The number of rotatable bonds is 8. The topological polar surface area (TPSA) is 156 Å². The summed E-state index contributed by atoms with van der Waals surface area (Å²) >= 11 is 1.41. The van der Waals surface area contributed by atoms with Crippen LogP contribution in [0, 0.1) is 11.3 Å². The molecule has 4 aromatic heterocycles. The van der Waals surface area contributed by atoms with Crippen molar-refractivity contribution in [3.8, 4) is 28.3 Å². The Morgan fingerprint density at radius 3 is 2.68 bits per heavy atom. The van der Waals surface area contributed by atoms with Gasteiger partial charge in [-0.25, -0.2) is 10.4 Å². The largest absolute Gasteiger partial charge is 0.489 e. The summed E-state index contributed by atoms with van der Waals surface area (Å²) in [6, 6.07) is 8.29. The van der Waals surface area contributed by atoms with Crippen molar-refractivity contribution in [2.24, 2.45) is 11.3 Å². The predicted molar refractivity (Wildman–Crippen MR) is 249 cm³/mol. The number of hydrazine groups is 1. The van der Waals surface area contributed by atoms with Crippen molar-refractivity contribution in [2.45, 2.75) is 89.7 Å². The lowest BCUT2D eigenvalue weighted by molar-refractivity contribution is -0.155. The molecule has 5 atom stereocenters. The Bertz CT molecular complexity index is 2720. The molecule has 2 saturated heterocycles. The summed E-state index contributed by atoms with van der Waals surface area (Å²) in [4.78, 5) is 60.1. The van der Waals surface area contributed by atoms with Crippen molar-refractivity contribution < 1.29 is 41.8 Å². The van der Waals surface area contributed by atoms with Gasteiger partial charge in [0.25, 0.3) is 5.91 Å². The van der Waals surface area contributed by atoms with Crippen LogP contribution >= 0.6 is 11.3 Å². The smallest absolute Gasteiger partial charge is 0.401 e. The zero-order chi connectivity index (χ0) is 47.5. The molecule has 0 spiro atoms. The number of anilines is 1. The van der Waals surface area contributed by atoms with Crippen LogP contribution in [0.2, 0.25) is 0 Å². The van der Waals surface area contributed by atoms with Gasteiger partial charge in [-0.2, -0.15) is 13.2 Å². The highest BCUT2D eigenvalue weighted by atomic mass is 32.1. The number of benzene rings is 1. The Hall–Kier alpha value is -5.63. The number of hydrogen-bond donors (Lipinski definition) is 2. The monoisotopic (exact) mass is 955 g/mol. The zero-order valence-electron chi connectivity index (χ0n) is 38.6. The first-order valence-electron chi connectivity index (χ1n) is 23.4. The summed E-state index contributed by atoms with van der Waals surface area (Å²) in [6.07, 6.45) is 2.87. The van der Waals surface area contributed by atoms with Gasteiger partial charge in [-0.1, -0.05) is 19.9 Å². The van der Waals surface area contributed by atoms with Crippen LogP contribution in [0.1, 0.15) is 73.9 Å². The van der Waals surface area contributed by atoms with Crippen LogP contribution in [0.25, 0.3) is 33.4 Å². The fraction of sp³-hybridized carbons (Fsp3) is 0.510.